The summed E-state index contributed by atoms with van der Waals surface area (Å²) in [6.45, 7) is 0.163. The largest absolute Gasteiger partial charge is 0.325 e. The molecule has 2 heterocycles. The number of carbonyl (C=O) groups is 3. The number of urea groups is 1. The SMILES string of the molecule is O=C(CN1C(=O)NC2(CCCCCCC2)C1=O)Nc1cccc(S(=O)(=O)NC2=NCCCCC2)c1. The number of anilines is 1. The summed E-state index contributed by atoms with van der Waals surface area (Å²) in [5.41, 5.74) is -0.661. The number of hydrogen-bond acceptors (Lipinski definition) is 6. The summed E-state index contributed by atoms with van der Waals surface area (Å²) in [7, 11) is -3.86. The van der Waals surface area contributed by atoms with Gasteiger partial charge in [-0.05, 0) is 43.9 Å². The Bertz CT molecular complexity index is 1110. The number of nitrogens with one attached hydrogen (secondary N) is 3. The van der Waals surface area contributed by atoms with Crippen molar-refractivity contribution in [3.8, 4) is 0 Å². The van der Waals surface area contributed by atoms with Crippen LogP contribution < -0.4 is 15.4 Å². The minimum absolute atomic E-state index is 0.00860. The van der Waals surface area contributed by atoms with E-state index in [0.29, 0.717) is 31.6 Å². The maximum atomic E-state index is 13.1. The first kappa shape index (κ1) is 25.2. The maximum Gasteiger partial charge on any atom is 0.325 e. The van der Waals surface area contributed by atoms with Gasteiger partial charge in [0.25, 0.3) is 15.9 Å². The summed E-state index contributed by atoms with van der Waals surface area (Å²) < 4.78 is 28.2. The number of benzene rings is 1. The average Bonchev–Trinajstić information content (AvgIpc) is 2.96. The first-order valence-electron chi connectivity index (χ1n) is 12.4. The van der Waals surface area contributed by atoms with Crippen molar-refractivity contribution < 1.29 is 22.8 Å². The number of nitrogens with zero attached hydrogens (tertiary/aromatic N) is 2. The molecule has 0 radical (unpaired) electrons. The summed E-state index contributed by atoms with van der Waals surface area (Å²) in [5, 5.41) is 5.45. The molecule has 2 aliphatic heterocycles. The second-order valence-electron chi connectivity index (χ2n) is 9.49. The van der Waals surface area contributed by atoms with E-state index in [9.17, 15) is 22.8 Å². The van der Waals surface area contributed by atoms with E-state index in [0.717, 1.165) is 56.3 Å². The standard InChI is InChI=1S/C24H33N5O5S/c30-21(17-29-22(31)24(27-23(29)32)13-6-2-1-3-7-14-24)26-18-10-9-11-19(16-18)35(33,34)28-20-12-5-4-8-15-25-20/h9-11,16H,1-8,12-15,17H2,(H,25,28)(H,26,30)(H,27,32). The Morgan fingerprint density at radius 1 is 1.03 bits per heavy atom. The molecule has 0 aromatic heterocycles. The summed E-state index contributed by atoms with van der Waals surface area (Å²) >= 11 is 0. The molecule has 1 saturated heterocycles. The molecule has 4 rings (SSSR count). The molecule has 1 aromatic carbocycles. The number of aliphatic imine (C=N–C) groups is 1. The molecular weight excluding hydrogens is 470 g/mol. The van der Waals surface area contributed by atoms with E-state index in [-0.39, 0.29) is 16.5 Å². The lowest BCUT2D eigenvalue weighted by Gasteiger charge is -2.28. The molecule has 10 nitrogen and oxygen atoms in total. The highest BCUT2D eigenvalue weighted by Crippen LogP contribution is 2.32. The van der Waals surface area contributed by atoms with Crippen LogP contribution in [0.3, 0.4) is 0 Å². The van der Waals surface area contributed by atoms with Gasteiger partial charge in [-0.2, -0.15) is 0 Å². The van der Waals surface area contributed by atoms with Crippen molar-refractivity contribution in [2.75, 3.05) is 18.4 Å². The Morgan fingerprint density at radius 2 is 1.74 bits per heavy atom. The number of amidine groups is 1. The molecule has 35 heavy (non-hydrogen) atoms. The van der Waals surface area contributed by atoms with Gasteiger partial charge in [-0.15, -0.1) is 0 Å². The fourth-order valence-electron chi connectivity index (χ4n) is 4.92. The number of rotatable bonds is 5. The van der Waals surface area contributed by atoms with Gasteiger partial charge in [0.15, 0.2) is 0 Å². The van der Waals surface area contributed by atoms with E-state index in [2.05, 4.69) is 20.3 Å². The minimum atomic E-state index is -3.86. The second-order valence-corrected chi connectivity index (χ2v) is 11.2. The molecule has 3 aliphatic rings. The lowest BCUT2D eigenvalue weighted by Crippen LogP contribution is -2.47. The molecule has 11 heteroatoms. The van der Waals surface area contributed by atoms with Crippen molar-refractivity contribution in [1.29, 1.82) is 0 Å². The van der Waals surface area contributed by atoms with Crippen LogP contribution in [0.25, 0.3) is 0 Å². The number of amides is 4. The first-order chi connectivity index (χ1) is 16.8. The Hall–Kier alpha value is -2.95. The molecule has 1 aromatic rings. The highest BCUT2D eigenvalue weighted by molar-refractivity contribution is 7.90. The molecule has 0 bridgehead atoms. The predicted molar refractivity (Wildman–Crippen MR) is 131 cm³/mol. The molecule has 190 valence electrons. The Balaban J connectivity index is 1.40. The van der Waals surface area contributed by atoms with E-state index in [4.69, 9.17) is 0 Å². The highest BCUT2D eigenvalue weighted by Gasteiger charge is 2.50. The topological polar surface area (TPSA) is 137 Å². The van der Waals surface area contributed by atoms with E-state index in [1.54, 1.807) is 6.07 Å². The smallest absolute Gasteiger partial charge is 0.324 e. The third-order valence-corrected chi connectivity index (χ3v) is 8.19. The van der Waals surface area contributed by atoms with Crippen molar-refractivity contribution in [1.82, 2.24) is 14.9 Å². The monoisotopic (exact) mass is 503 g/mol. The molecule has 1 spiro atoms. The van der Waals surface area contributed by atoms with Crippen molar-refractivity contribution in [3.63, 3.8) is 0 Å². The Labute approximate surface area is 206 Å². The number of imide groups is 1. The van der Waals surface area contributed by atoms with Crippen LogP contribution in [0.5, 0.6) is 0 Å². The zero-order valence-corrected chi connectivity index (χ0v) is 20.7. The van der Waals surface area contributed by atoms with Crippen molar-refractivity contribution in [3.05, 3.63) is 24.3 Å². The average molecular weight is 504 g/mol. The van der Waals surface area contributed by atoms with E-state index in [1.165, 1.54) is 18.2 Å². The number of hydrogen-bond donors (Lipinski definition) is 3. The molecule has 3 N–H and O–H groups in total. The summed E-state index contributed by atoms with van der Waals surface area (Å²) in [5.74, 6) is -0.491. The fraction of sp³-hybridized carbons (Fsp3) is 0.583. The normalized spacial score (nSPS) is 20.9. The molecule has 1 saturated carbocycles. The zero-order chi connectivity index (χ0) is 24.9. The minimum Gasteiger partial charge on any atom is -0.324 e. The van der Waals surface area contributed by atoms with Gasteiger partial charge in [0, 0.05) is 18.7 Å². The number of carbonyl (C=O) groups excluding carboxylic acids is 3. The quantitative estimate of drug-likeness (QED) is 0.531. The second kappa shape index (κ2) is 10.8. The molecule has 0 unspecified atom stereocenters. The predicted octanol–water partition coefficient (Wildman–Crippen LogP) is 2.91. The highest BCUT2D eigenvalue weighted by atomic mass is 32.2. The summed E-state index contributed by atoms with van der Waals surface area (Å²) in [4.78, 5) is 43.6. The lowest BCUT2D eigenvalue weighted by atomic mass is 9.84. The van der Waals surface area contributed by atoms with E-state index < -0.39 is 34.0 Å². The van der Waals surface area contributed by atoms with Crippen LogP contribution in [0.2, 0.25) is 0 Å². The van der Waals surface area contributed by atoms with Gasteiger partial charge >= 0.3 is 6.03 Å². The van der Waals surface area contributed by atoms with Crippen molar-refractivity contribution in [2.24, 2.45) is 4.99 Å². The summed E-state index contributed by atoms with van der Waals surface area (Å²) in [6, 6.07) is 5.30. The van der Waals surface area contributed by atoms with E-state index >= 15 is 0 Å². The van der Waals surface area contributed by atoms with Crippen LogP contribution in [0.1, 0.15) is 70.6 Å². The van der Waals surface area contributed by atoms with Crippen molar-refractivity contribution in [2.45, 2.75) is 81.1 Å². The van der Waals surface area contributed by atoms with Crippen LogP contribution in [0, 0.1) is 0 Å². The van der Waals surface area contributed by atoms with Crippen LogP contribution in [-0.2, 0) is 19.6 Å². The van der Waals surface area contributed by atoms with Gasteiger partial charge < -0.3 is 10.6 Å². The maximum absolute atomic E-state index is 13.1. The van der Waals surface area contributed by atoms with Crippen LogP contribution >= 0.6 is 0 Å². The molecule has 1 aliphatic carbocycles. The summed E-state index contributed by atoms with van der Waals surface area (Å²) in [6.07, 6.45) is 9.43. The van der Waals surface area contributed by atoms with Gasteiger partial charge in [-0.1, -0.05) is 44.6 Å². The molecule has 0 atom stereocenters. The fourth-order valence-corrected chi connectivity index (χ4v) is 6.06. The molecule has 4 amide bonds. The van der Waals surface area contributed by atoms with Crippen LogP contribution in [0.4, 0.5) is 10.5 Å². The third kappa shape index (κ3) is 6.01. The third-order valence-electron chi connectivity index (χ3n) is 6.81. The van der Waals surface area contributed by atoms with Crippen molar-refractivity contribution >= 4 is 39.4 Å². The lowest BCUT2D eigenvalue weighted by molar-refractivity contribution is -0.134. The Kier molecular flexibility index (Phi) is 7.73. The number of sulfonamides is 1. The first-order valence-corrected chi connectivity index (χ1v) is 13.9. The molecular formula is C24H33N5O5S. The van der Waals surface area contributed by atoms with Gasteiger partial charge in [0.05, 0.1) is 4.90 Å². The van der Waals surface area contributed by atoms with Gasteiger partial charge in [-0.3, -0.25) is 24.2 Å². The molecule has 2 fully saturated rings. The zero-order valence-electron chi connectivity index (χ0n) is 19.8. The van der Waals surface area contributed by atoms with Crippen LogP contribution in [0.15, 0.2) is 34.2 Å². The van der Waals surface area contributed by atoms with Gasteiger partial charge in [0.2, 0.25) is 5.91 Å². The Morgan fingerprint density at radius 3 is 2.51 bits per heavy atom. The van der Waals surface area contributed by atoms with Gasteiger partial charge in [0.1, 0.15) is 17.9 Å². The van der Waals surface area contributed by atoms with Crippen LogP contribution in [-0.4, -0.2) is 55.6 Å². The van der Waals surface area contributed by atoms with E-state index in [1.807, 2.05) is 0 Å². The van der Waals surface area contributed by atoms with Gasteiger partial charge in [-0.25, -0.2) is 13.2 Å².